The molecule has 6 unspecified atom stereocenters. The number of ether oxygens (including phenoxy) is 5. The first-order valence-electron chi connectivity index (χ1n) is 20.3. The van der Waals surface area contributed by atoms with E-state index in [0.717, 1.165) is 23.7 Å². The van der Waals surface area contributed by atoms with Crippen molar-refractivity contribution in [2.24, 2.45) is 23.7 Å². The quantitative estimate of drug-likeness (QED) is 0.187. The first-order valence-corrected chi connectivity index (χ1v) is 20.3. The number of aliphatic hydroxyl groups is 1. The summed E-state index contributed by atoms with van der Waals surface area (Å²) in [5, 5.41) is 12.5. The number of hydrogen-bond donors (Lipinski definition) is 1. The molecule has 2 aromatic rings. The number of para-hydroxylation sites is 1. The highest BCUT2D eigenvalue weighted by molar-refractivity contribution is 6.00. The number of Topliss-reactive ketones (excluding diaryl/α,β-unsaturated/α-hetero) is 2. The fourth-order valence-corrected chi connectivity index (χ4v) is 9.14. The van der Waals surface area contributed by atoms with E-state index in [2.05, 4.69) is 11.1 Å². The molecule has 13 nitrogen and oxygen atoms in total. The van der Waals surface area contributed by atoms with Crippen LogP contribution in [0.2, 0.25) is 0 Å². The average molecular weight is 782 g/mol. The number of likely N-dealkylation sites (N-methyl/N-ethyl adjacent to an activating group) is 1. The van der Waals surface area contributed by atoms with E-state index < -0.39 is 83.9 Å². The van der Waals surface area contributed by atoms with Gasteiger partial charge in [-0.15, -0.1) is 0 Å². The van der Waals surface area contributed by atoms with E-state index >= 15 is 0 Å². The van der Waals surface area contributed by atoms with Gasteiger partial charge in [0.1, 0.15) is 23.9 Å². The summed E-state index contributed by atoms with van der Waals surface area (Å²) in [5.74, 6) is -4.80. The average Bonchev–Trinajstić information content (AvgIpc) is 3.51. The lowest BCUT2D eigenvalue weighted by Gasteiger charge is -2.47. The number of aryl methyl sites for hydroxylation is 1. The topological polar surface area (TPSA) is 154 Å². The van der Waals surface area contributed by atoms with E-state index in [1.807, 2.05) is 70.2 Å². The second-order valence-electron chi connectivity index (χ2n) is 16.7. The number of nitrogens with zero attached hydrogens (tertiary/aromatic N) is 3. The molecule has 5 rings (SSSR count). The van der Waals surface area contributed by atoms with Gasteiger partial charge < -0.3 is 38.6 Å². The number of pyridine rings is 1. The zero-order chi connectivity index (χ0) is 41.1. The number of rotatable bonds is 10. The zero-order valence-corrected chi connectivity index (χ0v) is 34.8. The van der Waals surface area contributed by atoms with Gasteiger partial charge in [-0.1, -0.05) is 45.9 Å². The molecule has 0 radical (unpaired) electrons. The Morgan fingerprint density at radius 3 is 2.38 bits per heavy atom. The molecule has 13 atom stereocenters. The number of methoxy groups -OCH3 is 1. The van der Waals surface area contributed by atoms with Crippen LogP contribution >= 0.6 is 0 Å². The fraction of sp³-hybridized carbons (Fsp3) is 0.698. The normalized spacial score (nSPS) is 36.3. The van der Waals surface area contributed by atoms with Crippen LogP contribution in [0.1, 0.15) is 86.1 Å². The third-order valence-corrected chi connectivity index (χ3v) is 12.5. The van der Waals surface area contributed by atoms with Crippen molar-refractivity contribution in [3.63, 3.8) is 0 Å². The number of aromatic nitrogens is 1. The van der Waals surface area contributed by atoms with Crippen LogP contribution in [0.4, 0.5) is 4.79 Å². The smallest absolute Gasteiger partial charge is 0.410 e. The van der Waals surface area contributed by atoms with Crippen molar-refractivity contribution in [1.82, 2.24) is 14.8 Å². The molecule has 3 aliphatic heterocycles. The molecule has 1 aromatic carbocycles. The van der Waals surface area contributed by atoms with Crippen LogP contribution in [0.15, 0.2) is 36.5 Å². The summed E-state index contributed by atoms with van der Waals surface area (Å²) in [5.41, 5.74) is 0.848. The Balaban J connectivity index is 1.44. The summed E-state index contributed by atoms with van der Waals surface area (Å²) in [4.78, 5) is 64.3. The Kier molecular flexibility index (Phi) is 14.3. The molecule has 3 aliphatic rings. The molecule has 1 aromatic heterocycles. The van der Waals surface area contributed by atoms with Crippen molar-refractivity contribution in [2.75, 3.05) is 27.7 Å². The third-order valence-electron chi connectivity index (χ3n) is 12.5. The van der Waals surface area contributed by atoms with E-state index in [-0.39, 0.29) is 24.3 Å². The van der Waals surface area contributed by atoms with E-state index in [1.54, 1.807) is 25.7 Å². The van der Waals surface area contributed by atoms with Crippen molar-refractivity contribution in [1.29, 1.82) is 0 Å². The van der Waals surface area contributed by atoms with Crippen LogP contribution in [0.3, 0.4) is 0 Å². The van der Waals surface area contributed by atoms with Gasteiger partial charge >= 0.3 is 12.1 Å². The van der Waals surface area contributed by atoms with E-state index in [9.17, 15) is 24.3 Å². The molecular weight excluding hydrogens is 718 g/mol. The van der Waals surface area contributed by atoms with Gasteiger partial charge in [-0.05, 0) is 91.1 Å². The highest BCUT2D eigenvalue weighted by atomic mass is 16.7. The standard InChI is InChI=1S/C43H63N3O10/c1-11-33-38-34(46(42(51)55-38)21-15-14-16-29-19-20-44-31-18-13-12-17-30(29)31)26(4)35(47)24(2)23-43(7,52-10)39(27(5)36(48)28(6)40(50)54-33)56-41-37(49)32(45(8)9)22-25(3)53-41/h12-13,17-20,24-28,32-34,37-39,41,49H,11,14-16,21-23H2,1-10H3/t24-,25?,26-,27?,28?,32?,33?,34-,37-,38-,39-,41?,43+/m1/s1. The van der Waals surface area contributed by atoms with Crippen molar-refractivity contribution in [2.45, 2.75) is 141 Å². The van der Waals surface area contributed by atoms with Crippen LogP contribution in [0, 0.1) is 23.7 Å². The molecule has 13 heteroatoms. The minimum atomic E-state index is -1.25. The van der Waals surface area contributed by atoms with Crippen LogP contribution in [0.5, 0.6) is 0 Å². The maximum atomic E-state index is 14.6. The molecule has 0 saturated carbocycles. The number of unbranched alkanes of at least 4 members (excludes halogenated alkanes) is 1. The van der Waals surface area contributed by atoms with E-state index in [1.165, 1.54) is 19.6 Å². The highest BCUT2D eigenvalue weighted by Gasteiger charge is 2.54. The van der Waals surface area contributed by atoms with Crippen LogP contribution in [-0.4, -0.2) is 126 Å². The van der Waals surface area contributed by atoms with Crippen LogP contribution in [-0.2, 0) is 44.5 Å². The Bertz CT molecular complexity index is 1700. The summed E-state index contributed by atoms with van der Waals surface area (Å²) in [6, 6.07) is 9.02. The van der Waals surface area contributed by atoms with E-state index in [0.29, 0.717) is 25.8 Å². The largest absolute Gasteiger partial charge is 0.458 e. The highest BCUT2D eigenvalue weighted by Crippen LogP contribution is 2.39. The number of carbonyl (C=O) groups is 4. The summed E-state index contributed by atoms with van der Waals surface area (Å²) in [6.07, 6.45) is -0.783. The van der Waals surface area contributed by atoms with Crippen molar-refractivity contribution >= 4 is 34.5 Å². The number of amides is 1. The zero-order valence-electron chi connectivity index (χ0n) is 34.8. The molecular formula is C43H63N3O10. The monoisotopic (exact) mass is 781 g/mol. The predicted molar refractivity (Wildman–Crippen MR) is 210 cm³/mol. The molecule has 3 saturated heterocycles. The number of hydrogen-bond acceptors (Lipinski definition) is 12. The second kappa shape index (κ2) is 18.4. The number of benzene rings is 1. The van der Waals surface area contributed by atoms with Gasteiger partial charge in [0.15, 0.2) is 18.2 Å². The van der Waals surface area contributed by atoms with Gasteiger partial charge in [-0.2, -0.15) is 0 Å². The number of cyclic esters (lactones) is 1. The van der Waals surface area contributed by atoms with Gasteiger partial charge in [-0.3, -0.25) is 19.4 Å². The van der Waals surface area contributed by atoms with Gasteiger partial charge in [0.05, 0.1) is 29.4 Å². The summed E-state index contributed by atoms with van der Waals surface area (Å²) < 4.78 is 30.9. The molecule has 56 heavy (non-hydrogen) atoms. The van der Waals surface area contributed by atoms with Crippen molar-refractivity contribution in [3.8, 4) is 0 Å². The Labute approximate surface area is 331 Å². The lowest BCUT2D eigenvalue weighted by molar-refractivity contribution is -0.295. The van der Waals surface area contributed by atoms with Gasteiger partial charge in [0, 0.05) is 49.0 Å². The number of ketones is 2. The molecule has 310 valence electrons. The Hall–Kier alpha value is -3.49. The van der Waals surface area contributed by atoms with Crippen molar-refractivity contribution < 1.29 is 48.0 Å². The number of aliphatic hydroxyl groups excluding tert-OH is 1. The predicted octanol–water partition coefficient (Wildman–Crippen LogP) is 5.37. The maximum Gasteiger partial charge on any atom is 0.410 e. The van der Waals surface area contributed by atoms with Crippen molar-refractivity contribution in [3.05, 3.63) is 42.1 Å². The Morgan fingerprint density at radius 1 is 0.982 bits per heavy atom. The third kappa shape index (κ3) is 9.12. The molecule has 0 aliphatic carbocycles. The fourth-order valence-electron chi connectivity index (χ4n) is 9.14. The van der Waals surface area contributed by atoms with Crippen LogP contribution in [0.25, 0.3) is 10.9 Å². The minimum Gasteiger partial charge on any atom is -0.458 e. The van der Waals surface area contributed by atoms with Crippen LogP contribution < -0.4 is 0 Å². The Morgan fingerprint density at radius 2 is 1.70 bits per heavy atom. The first-order chi connectivity index (χ1) is 26.5. The molecule has 0 bridgehead atoms. The number of fused-ring (bicyclic) bond motifs is 2. The van der Waals surface area contributed by atoms with Gasteiger partial charge in [0.25, 0.3) is 0 Å². The molecule has 0 spiro atoms. The molecule has 3 fully saturated rings. The second-order valence-corrected chi connectivity index (χ2v) is 16.7. The first kappa shape index (κ1) is 43.6. The summed E-state index contributed by atoms with van der Waals surface area (Å²) >= 11 is 0. The summed E-state index contributed by atoms with van der Waals surface area (Å²) in [6.45, 7) is 12.6. The van der Waals surface area contributed by atoms with E-state index in [4.69, 9.17) is 23.7 Å². The molecule has 1 amide bonds. The van der Waals surface area contributed by atoms with Gasteiger partial charge in [0.2, 0.25) is 0 Å². The minimum absolute atomic E-state index is 0.130. The maximum absolute atomic E-state index is 14.6. The lowest BCUT2D eigenvalue weighted by Crippen LogP contribution is -2.59. The summed E-state index contributed by atoms with van der Waals surface area (Å²) in [7, 11) is 5.25. The van der Waals surface area contributed by atoms with Gasteiger partial charge in [-0.25, -0.2) is 4.79 Å². The lowest BCUT2D eigenvalue weighted by atomic mass is 9.75. The molecule has 4 heterocycles. The number of esters is 1. The molecule has 1 N–H and O–H groups in total. The SMILES string of the molecule is CCC1OC(=O)C(C)C(=O)C(C)[C@@H](OC2OC(C)CC(N(C)C)[C@H]2O)[C@@](C)(OC)C[C@@H](C)C(=O)[C@H](C)[C@@H]2[C@@H]1OC(=O)N2CCCCc1ccnc2ccccc12. The number of carbonyl (C=O) groups excluding carboxylic acids is 4.